The second-order valence-corrected chi connectivity index (χ2v) is 5.56. The van der Waals surface area contributed by atoms with Crippen molar-refractivity contribution in [3.05, 3.63) is 0 Å². The summed E-state index contributed by atoms with van der Waals surface area (Å²) in [4.78, 5) is 0. The largest absolute Gasteiger partial charge is 0.378 e. The molecule has 0 amide bonds. The van der Waals surface area contributed by atoms with Crippen LogP contribution in [0.5, 0.6) is 0 Å². The van der Waals surface area contributed by atoms with Crippen LogP contribution in [0.15, 0.2) is 0 Å². The molecule has 2 saturated carbocycles. The van der Waals surface area contributed by atoms with E-state index in [2.05, 4.69) is 18.3 Å². The summed E-state index contributed by atoms with van der Waals surface area (Å²) in [5.74, 6) is 0. The zero-order valence-corrected chi connectivity index (χ0v) is 10.9. The molecule has 17 heavy (non-hydrogen) atoms. The van der Waals surface area contributed by atoms with Crippen LogP contribution in [-0.2, 0) is 4.74 Å². The number of nitrogens with one attached hydrogen (secondary N) is 1. The third kappa shape index (κ3) is 3.69. The highest BCUT2D eigenvalue weighted by atomic mass is 16.5. The lowest BCUT2D eigenvalue weighted by atomic mass is 9.99. The number of nitriles is 1. The van der Waals surface area contributed by atoms with E-state index in [4.69, 9.17) is 4.74 Å². The maximum Gasteiger partial charge on any atom is 0.109 e. The summed E-state index contributed by atoms with van der Waals surface area (Å²) in [7, 11) is 0. The Kier molecular flexibility index (Phi) is 4.42. The van der Waals surface area contributed by atoms with E-state index >= 15 is 0 Å². The first-order valence-electron chi connectivity index (χ1n) is 7.08. The molecule has 1 N–H and O–H groups in total. The first kappa shape index (κ1) is 12.9. The van der Waals surface area contributed by atoms with Crippen LogP contribution in [0.4, 0.5) is 0 Å². The number of ether oxygens (including phenoxy) is 1. The quantitative estimate of drug-likeness (QED) is 0.691. The Labute approximate surface area is 105 Å². The molecule has 2 aliphatic carbocycles. The predicted molar refractivity (Wildman–Crippen MR) is 67.6 cm³/mol. The summed E-state index contributed by atoms with van der Waals surface area (Å²) < 4.78 is 5.87. The Morgan fingerprint density at radius 2 is 2.18 bits per heavy atom. The molecule has 96 valence electrons. The summed E-state index contributed by atoms with van der Waals surface area (Å²) in [6, 6.07) is 3.09. The van der Waals surface area contributed by atoms with Crippen LogP contribution >= 0.6 is 0 Å². The van der Waals surface area contributed by atoms with Crippen molar-refractivity contribution < 1.29 is 4.74 Å². The molecule has 2 unspecified atom stereocenters. The molecule has 2 fully saturated rings. The minimum atomic E-state index is -0.281. The van der Waals surface area contributed by atoms with Crippen LogP contribution in [0.25, 0.3) is 0 Å². The minimum absolute atomic E-state index is 0.281. The molecule has 2 atom stereocenters. The van der Waals surface area contributed by atoms with Gasteiger partial charge in [0.05, 0.1) is 12.2 Å². The molecule has 0 bridgehead atoms. The van der Waals surface area contributed by atoms with Crippen molar-refractivity contribution in [2.24, 2.45) is 0 Å². The Bertz CT molecular complexity index is 282. The number of nitrogens with zero attached hydrogens (tertiary/aromatic N) is 1. The minimum Gasteiger partial charge on any atom is -0.378 e. The van der Waals surface area contributed by atoms with Crippen molar-refractivity contribution in [3.8, 4) is 6.07 Å². The highest BCUT2D eigenvalue weighted by Gasteiger charge is 2.43. The average molecular weight is 236 g/mol. The number of rotatable bonds is 7. The van der Waals surface area contributed by atoms with Gasteiger partial charge in [0, 0.05) is 19.1 Å². The SMILES string of the molecule is CCCCCOC1CCC(C#N)(NC2CC2)C1. The molecular weight excluding hydrogens is 212 g/mol. The van der Waals surface area contributed by atoms with E-state index in [0.717, 1.165) is 32.3 Å². The van der Waals surface area contributed by atoms with Crippen molar-refractivity contribution in [1.29, 1.82) is 5.26 Å². The van der Waals surface area contributed by atoms with Crippen LogP contribution in [0.2, 0.25) is 0 Å². The van der Waals surface area contributed by atoms with Crippen molar-refractivity contribution in [2.45, 2.75) is 76.0 Å². The first-order chi connectivity index (χ1) is 8.28. The maximum atomic E-state index is 9.35. The number of unbranched alkanes of at least 4 members (excludes halogenated alkanes) is 2. The van der Waals surface area contributed by atoms with E-state index in [9.17, 15) is 5.26 Å². The van der Waals surface area contributed by atoms with Gasteiger partial charge in [-0.3, -0.25) is 5.32 Å². The lowest BCUT2D eigenvalue weighted by Gasteiger charge is -2.22. The van der Waals surface area contributed by atoms with E-state index in [0.29, 0.717) is 12.1 Å². The Morgan fingerprint density at radius 1 is 1.35 bits per heavy atom. The van der Waals surface area contributed by atoms with E-state index in [1.807, 2.05) is 0 Å². The molecule has 2 aliphatic rings. The van der Waals surface area contributed by atoms with Gasteiger partial charge in [-0.1, -0.05) is 19.8 Å². The average Bonchev–Trinajstić information content (AvgIpc) is 3.05. The predicted octanol–water partition coefficient (Wildman–Crippen LogP) is 2.76. The van der Waals surface area contributed by atoms with Crippen LogP contribution in [0.1, 0.15) is 58.3 Å². The second kappa shape index (κ2) is 5.84. The van der Waals surface area contributed by atoms with Gasteiger partial charge >= 0.3 is 0 Å². The molecular formula is C14H24N2O. The molecule has 0 aromatic rings. The van der Waals surface area contributed by atoms with Gasteiger partial charge in [0.15, 0.2) is 0 Å². The molecule has 2 rings (SSSR count). The van der Waals surface area contributed by atoms with Gasteiger partial charge in [0.25, 0.3) is 0 Å². The fraction of sp³-hybridized carbons (Fsp3) is 0.929. The monoisotopic (exact) mass is 236 g/mol. The van der Waals surface area contributed by atoms with E-state index in [-0.39, 0.29) is 5.54 Å². The highest BCUT2D eigenvalue weighted by molar-refractivity contribution is 5.14. The lowest BCUT2D eigenvalue weighted by molar-refractivity contribution is 0.0521. The first-order valence-corrected chi connectivity index (χ1v) is 7.08. The Morgan fingerprint density at radius 3 is 2.82 bits per heavy atom. The zero-order chi connectivity index (χ0) is 12.1. The van der Waals surface area contributed by atoms with Gasteiger partial charge in [0.1, 0.15) is 5.54 Å². The van der Waals surface area contributed by atoms with Crippen LogP contribution in [0.3, 0.4) is 0 Å². The van der Waals surface area contributed by atoms with E-state index in [1.165, 1.54) is 25.7 Å². The molecule has 3 nitrogen and oxygen atoms in total. The highest BCUT2D eigenvalue weighted by Crippen LogP contribution is 2.35. The van der Waals surface area contributed by atoms with Crippen molar-refractivity contribution in [1.82, 2.24) is 5.32 Å². The molecule has 0 saturated heterocycles. The topological polar surface area (TPSA) is 45.0 Å². The van der Waals surface area contributed by atoms with E-state index in [1.54, 1.807) is 0 Å². The standard InChI is InChI=1S/C14H24N2O/c1-2-3-4-9-17-13-7-8-14(10-13,11-15)16-12-5-6-12/h12-13,16H,2-10H2,1H3. The lowest BCUT2D eigenvalue weighted by Crippen LogP contribution is -2.43. The smallest absolute Gasteiger partial charge is 0.109 e. The second-order valence-electron chi connectivity index (χ2n) is 5.56. The van der Waals surface area contributed by atoms with Gasteiger partial charge in [-0.05, 0) is 32.1 Å². The molecule has 0 aromatic heterocycles. The van der Waals surface area contributed by atoms with Gasteiger partial charge in [-0.25, -0.2) is 0 Å². The summed E-state index contributed by atoms with van der Waals surface area (Å²) in [5, 5.41) is 12.9. The van der Waals surface area contributed by atoms with Gasteiger partial charge < -0.3 is 4.74 Å². The Hall–Kier alpha value is -0.590. The summed E-state index contributed by atoms with van der Waals surface area (Å²) in [6.07, 6.45) is 9.30. The van der Waals surface area contributed by atoms with Crippen molar-refractivity contribution >= 4 is 0 Å². The summed E-state index contributed by atoms with van der Waals surface area (Å²) in [6.45, 7) is 3.07. The van der Waals surface area contributed by atoms with Crippen molar-refractivity contribution in [3.63, 3.8) is 0 Å². The molecule has 3 heteroatoms. The van der Waals surface area contributed by atoms with Crippen LogP contribution in [-0.4, -0.2) is 24.3 Å². The molecule has 0 spiro atoms. The third-order valence-corrected chi connectivity index (χ3v) is 3.84. The molecule has 0 heterocycles. The molecule has 0 aliphatic heterocycles. The third-order valence-electron chi connectivity index (χ3n) is 3.84. The molecule has 0 aromatic carbocycles. The summed E-state index contributed by atoms with van der Waals surface area (Å²) in [5.41, 5.74) is -0.281. The fourth-order valence-corrected chi connectivity index (χ4v) is 2.63. The maximum absolute atomic E-state index is 9.35. The number of hydrogen-bond acceptors (Lipinski definition) is 3. The number of hydrogen-bond donors (Lipinski definition) is 1. The van der Waals surface area contributed by atoms with Crippen molar-refractivity contribution in [2.75, 3.05) is 6.61 Å². The normalized spacial score (nSPS) is 32.6. The molecule has 0 radical (unpaired) electrons. The van der Waals surface area contributed by atoms with Gasteiger partial charge in [-0.15, -0.1) is 0 Å². The zero-order valence-electron chi connectivity index (χ0n) is 10.9. The van der Waals surface area contributed by atoms with Crippen LogP contribution < -0.4 is 5.32 Å². The summed E-state index contributed by atoms with van der Waals surface area (Å²) >= 11 is 0. The van der Waals surface area contributed by atoms with Gasteiger partial charge in [-0.2, -0.15) is 5.26 Å². The van der Waals surface area contributed by atoms with Crippen LogP contribution in [0, 0.1) is 11.3 Å². The fourth-order valence-electron chi connectivity index (χ4n) is 2.63. The van der Waals surface area contributed by atoms with E-state index < -0.39 is 0 Å². The Balaban J connectivity index is 1.71. The van der Waals surface area contributed by atoms with Gasteiger partial charge in [0.2, 0.25) is 0 Å².